The van der Waals surface area contributed by atoms with E-state index in [4.69, 9.17) is 0 Å². The van der Waals surface area contributed by atoms with Gasteiger partial charge in [-0.15, -0.1) is 0 Å². The van der Waals surface area contributed by atoms with Crippen LogP contribution in [-0.4, -0.2) is 10.7 Å². The number of para-hydroxylation sites is 1. The lowest BCUT2D eigenvalue weighted by atomic mass is 9.72. The fourth-order valence-electron chi connectivity index (χ4n) is 3.25. The first-order valence-corrected chi connectivity index (χ1v) is 8.00. The Morgan fingerprint density at radius 1 is 1.35 bits per heavy atom. The molecule has 1 N–H and O–H groups in total. The molecule has 0 aliphatic heterocycles. The number of thiazole rings is 1. The summed E-state index contributed by atoms with van der Waals surface area (Å²) in [6.07, 6.45) is 3.46. The molecule has 20 heavy (non-hydrogen) atoms. The van der Waals surface area contributed by atoms with Crippen molar-refractivity contribution in [1.82, 2.24) is 4.98 Å². The Bertz CT molecular complexity index is 609. The highest BCUT2D eigenvalue weighted by molar-refractivity contribution is 7.22. The third-order valence-corrected chi connectivity index (χ3v) is 4.71. The lowest BCUT2D eigenvalue weighted by molar-refractivity contribution is 0.266. The number of nitrogens with zero attached hydrogens (tertiary/aromatic N) is 2. The van der Waals surface area contributed by atoms with Gasteiger partial charge in [0.15, 0.2) is 0 Å². The van der Waals surface area contributed by atoms with Gasteiger partial charge in [-0.25, -0.2) is 4.98 Å². The van der Waals surface area contributed by atoms with E-state index >= 15 is 0 Å². The third-order valence-electron chi connectivity index (χ3n) is 3.77. The van der Waals surface area contributed by atoms with E-state index in [0.717, 1.165) is 29.4 Å². The van der Waals surface area contributed by atoms with Crippen molar-refractivity contribution in [1.29, 1.82) is 0 Å². The predicted octanol–water partition coefficient (Wildman–Crippen LogP) is 4.91. The lowest BCUT2D eigenvalue weighted by Crippen LogP contribution is -2.28. The zero-order valence-electron chi connectivity index (χ0n) is 12.3. The number of benzene rings is 1. The first-order chi connectivity index (χ1) is 9.52. The molecule has 106 valence electrons. The predicted molar refractivity (Wildman–Crippen MR) is 87.5 cm³/mol. The van der Waals surface area contributed by atoms with Gasteiger partial charge in [0.2, 0.25) is 5.13 Å². The molecular weight excluding hydrogens is 266 g/mol. The second-order valence-corrected chi connectivity index (χ2v) is 7.66. The van der Waals surface area contributed by atoms with Crippen LogP contribution in [0.1, 0.15) is 40.0 Å². The summed E-state index contributed by atoms with van der Waals surface area (Å²) in [5, 5.41) is 5.49. The smallest absolute Gasteiger partial charge is 0.204 e. The molecule has 2 aromatic rings. The molecule has 4 heteroatoms. The molecule has 1 saturated carbocycles. The Morgan fingerprint density at radius 3 is 2.90 bits per heavy atom. The molecule has 1 aliphatic rings. The van der Waals surface area contributed by atoms with Gasteiger partial charge in [-0.3, -0.25) is 5.43 Å². The number of aromatic nitrogens is 1. The Morgan fingerprint density at radius 2 is 2.15 bits per heavy atom. The number of anilines is 1. The Hall–Kier alpha value is -1.42. The molecule has 0 spiro atoms. The first kappa shape index (κ1) is 13.6. The highest BCUT2D eigenvalue weighted by atomic mass is 32.1. The molecule has 1 aliphatic carbocycles. The van der Waals surface area contributed by atoms with Gasteiger partial charge in [0.25, 0.3) is 0 Å². The average molecular weight is 287 g/mol. The molecule has 1 unspecified atom stereocenters. The third kappa shape index (κ3) is 3.01. The van der Waals surface area contributed by atoms with Crippen LogP contribution in [0.25, 0.3) is 10.2 Å². The molecule has 0 bridgehead atoms. The summed E-state index contributed by atoms with van der Waals surface area (Å²) in [4.78, 5) is 4.55. The standard InChI is InChI=1S/C16H21N3S/c1-11-8-12(10-16(2,3)9-11)18-19-15-17-13-6-4-5-7-14(13)20-15/h4-7,11H,8-10H2,1-3H3,(H,17,19)/b18-12-. The Kier molecular flexibility index (Phi) is 3.50. The highest BCUT2D eigenvalue weighted by Gasteiger charge is 2.29. The van der Waals surface area contributed by atoms with Crippen LogP contribution in [-0.2, 0) is 0 Å². The summed E-state index contributed by atoms with van der Waals surface area (Å²) < 4.78 is 1.20. The van der Waals surface area contributed by atoms with Gasteiger partial charge in [-0.05, 0) is 42.7 Å². The zero-order valence-corrected chi connectivity index (χ0v) is 13.1. The second kappa shape index (κ2) is 5.17. The molecule has 1 atom stereocenters. The Labute approximate surface area is 124 Å². The van der Waals surface area contributed by atoms with Crippen molar-refractivity contribution in [3.63, 3.8) is 0 Å². The quantitative estimate of drug-likeness (QED) is 0.797. The van der Waals surface area contributed by atoms with Crippen LogP contribution in [0, 0.1) is 11.3 Å². The summed E-state index contributed by atoms with van der Waals surface area (Å²) in [5.74, 6) is 0.717. The van der Waals surface area contributed by atoms with Gasteiger partial charge in [0, 0.05) is 5.71 Å². The van der Waals surface area contributed by atoms with Gasteiger partial charge in [0.1, 0.15) is 0 Å². The maximum absolute atomic E-state index is 4.61. The SMILES string of the molecule is CC1C/C(=N/Nc2nc3ccccc3s2)CC(C)(C)C1. The number of hydrogen-bond acceptors (Lipinski definition) is 4. The molecule has 1 aromatic carbocycles. The van der Waals surface area contributed by atoms with Gasteiger partial charge in [-0.1, -0.05) is 44.2 Å². The molecule has 1 fully saturated rings. The van der Waals surface area contributed by atoms with Crippen LogP contribution in [0.4, 0.5) is 5.13 Å². The summed E-state index contributed by atoms with van der Waals surface area (Å²) in [6.45, 7) is 6.97. The molecule has 0 radical (unpaired) electrons. The van der Waals surface area contributed by atoms with Crippen LogP contribution in [0.3, 0.4) is 0 Å². The van der Waals surface area contributed by atoms with E-state index in [9.17, 15) is 0 Å². The maximum atomic E-state index is 4.61. The molecule has 1 heterocycles. The number of fused-ring (bicyclic) bond motifs is 1. The summed E-state index contributed by atoms with van der Waals surface area (Å²) in [5.41, 5.74) is 5.84. The van der Waals surface area contributed by atoms with Crippen molar-refractivity contribution in [3.8, 4) is 0 Å². The van der Waals surface area contributed by atoms with Gasteiger partial charge in [0.05, 0.1) is 10.2 Å². The van der Waals surface area contributed by atoms with Crippen molar-refractivity contribution in [3.05, 3.63) is 24.3 Å². The molecule has 0 amide bonds. The average Bonchev–Trinajstić information content (AvgIpc) is 2.76. The second-order valence-electron chi connectivity index (χ2n) is 6.63. The van der Waals surface area contributed by atoms with Crippen LogP contribution in [0.2, 0.25) is 0 Å². The Balaban J connectivity index is 1.76. The molecule has 3 rings (SSSR count). The van der Waals surface area contributed by atoms with Crippen molar-refractivity contribution in [2.45, 2.75) is 40.0 Å². The van der Waals surface area contributed by atoms with Crippen LogP contribution < -0.4 is 5.43 Å². The minimum atomic E-state index is 0.367. The van der Waals surface area contributed by atoms with E-state index in [2.05, 4.69) is 42.3 Å². The number of hydrogen-bond donors (Lipinski definition) is 1. The van der Waals surface area contributed by atoms with Crippen molar-refractivity contribution in [2.24, 2.45) is 16.4 Å². The minimum Gasteiger partial charge on any atom is -0.253 e. The van der Waals surface area contributed by atoms with Crippen molar-refractivity contribution >= 4 is 32.4 Å². The van der Waals surface area contributed by atoms with E-state index < -0.39 is 0 Å². The van der Waals surface area contributed by atoms with Gasteiger partial charge in [-0.2, -0.15) is 5.10 Å². The summed E-state index contributed by atoms with van der Waals surface area (Å²) in [6, 6.07) is 8.19. The zero-order chi connectivity index (χ0) is 14.2. The van der Waals surface area contributed by atoms with Crippen molar-refractivity contribution in [2.75, 3.05) is 5.43 Å². The van der Waals surface area contributed by atoms with Crippen LogP contribution in [0.15, 0.2) is 29.4 Å². The molecular formula is C16H21N3S. The van der Waals surface area contributed by atoms with E-state index in [1.807, 2.05) is 18.2 Å². The number of hydrazone groups is 1. The van der Waals surface area contributed by atoms with Crippen molar-refractivity contribution < 1.29 is 0 Å². The largest absolute Gasteiger partial charge is 0.253 e. The minimum absolute atomic E-state index is 0.367. The van der Waals surface area contributed by atoms with Gasteiger partial charge < -0.3 is 0 Å². The van der Waals surface area contributed by atoms with Crippen LogP contribution >= 0.6 is 11.3 Å². The van der Waals surface area contributed by atoms with E-state index in [0.29, 0.717) is 5.41 Å². The molecule has 3 nitrogen and oxygen atoms in total. The van der Waals surface area contributed by atoms with E-state index in [1.54, 1.807) is 11.3 Å². The van der Waals surface area contributed by atoms with E-state index in [-0.39, 0.29) is 0 Å². The fourth-order valence-corrected chi connectivity index (χ4v) is 4.05. The molecule has 1 aromatic heterocycles. The fraction of sp³-hybridized carbons (Fsp3) is 0.500. The highest BCUT2D eigenvalue weighted by Crippen LogP contribution is 2.37. The normalized spacial score (nSPS) is 24.1. The topological polar surface area (TPSA) is 37.3 Å². The van der Waals surface area contributed by atoms with E-state index in [1.165, 1.54) is 16.8 Å². The first-order valence-electron chi connectivity index (χ1n) is 7.19. The summed E-state index contributed by atoms with van der Waals surface area (Å²) >= 11 is 1.66. The lowest BCUT2D eigenvalue weighted by Gasteiger charge is -2.34. The van der Waals surface area contributed by atoms with Gasteiger partial charge >= 0.3 is 0 Å². The monoisotopic (exact) mass is 287 g/mol. The maximum Gasteiger partial charge on any atom is 0.204 e. The van der Waals surface area contributed by atoms with Crippen LogP contribution in [0.5, 0.6) is 0 Å². The number of rotatable bonds is 2. The molecule has 0 saturated heterocycles. The number of nitrogens with one attached hydrogen (secondary N) is 1. The summed E-state index contributed by atoms with van der Waals surface area (Å²) in [7, 11) is 0.